The number of hydrogen-bond donors (Lipinski definition) is 2. The van der Waals surface area contributed by atoms with Crippen LogP contribution in [0.4, 0.5) is 24.5 Å². The van der Waals surface area contributed by atoms with Crippen LogP contribution >= 0.6 is 0 Å². The second-order valence-electron chi connectivity index (χ2n) is 5.76. The van der Waals surface area contributed by atoms with E-state index < -0.39 is 43.7 Å². The average Bonchev–Trinajstić information content (AvgIpc) is 2.45. The minimum absolute atomic E-state index is 0.0407. The van der Waals surface area contributed by atoms with Gasteiger partial charge in [-0.3, -0.25) is 10.1 Å². The lowest BCUT2D eigenvalue weighted by atomic mass is 9.85. The molecule has 0 aromatic heterocycles. The summed E-state index contributed by atoms with van der Waals surface area (Å²) in [6.07, 6.45) is -3.61. The molecule has 11 heteroatoms. The normalized spacial score (nSPS) is 22.2. The SMILES string of the molecule is NS(=O)(=O)c1cc(NC2CCCC(C(F)(F)F)C2)cc([N+](=O)[O-])c1. The molecule has 134 valence electrons. The minimum atomic E-state index is -4.30. The van der Waals surface area contributed by atoms with E-state index in [2.05, 4.69) is 5.32 Å². The standard InChI is InChI=1S/C13H16F3N3O4S/c14-13(15,16)8-2-1-3-9(4-8)18-10-5-11(19(20)21)7-12(6-10)24(17,22)23/h5-9,18H,1-4H2,(H2,17,22,23). The Balaban J connectivity index is 2.26. The smallest absolute Gasteiger partial charge is 0.382 e. The fourth-order valence-electron chi connectivity index (χ4n) is 2.79. The Bertz CT molecular complexity index is 736. The number of nitrogens with one attached hydrogen (secondary N) is 1. The molecule has 1 aliphatic rings. The van der Waals surface area contributed by atoms with Crippen molar-refractivity contribution >= 4 is 21.4 Å². The van der Waals surface area contributed by atoms with E-state index in [4.69, 9.17) is 5.14 Å². The van der Waals surface area contributed by atoms with Crippen LogP contribution in [0.3, 0.4) is 0 Å². The van der Waals surface area contributed by atoms with Crippen LogP contribution in [0.5, 0.6) is 0 Å². The van der Waals surface area contributed by atoms with Gasteiger partial charge in [-0.15, -0.1) is 0 Å². The molecule has 0 bridgehead atoms. The number of nitro groups is 1. The molecular formula is C13H16F3N3O4S. The lowest BCUT2D eigenvalue weighted by Gasteiger charge is -2.31. The Kier molecular flexibility index (Phi) is 5.04. The van der Waals surface area contributed by atoms with Crippen LogP contribution < -0.4 is 10.5 Å². The number of sulfonamides is 1. The third-order valence-electron chi connectivity index (χ3n) is 3.94. The average molecular weight is 367 g/mol. The molecular weight excluding hydrogens is 351 g/mol. The molecule has 0 radical (unpaired) electrons. The van der Waals surface area contributed by atoms with Crippen LogP contribution in [0.1, 0.15) is 25.7 Å². The van der Waals surface area contributed by atoms with Crippen molar-refractivity contribution in [3.05, 3.63) is 28.3 Å². The van der Waals surface area contributed by atoms with Crippen LogP contribution in [-0.2, 0) is 10.0 Å². The predicted octanol–water partition coefficient (Wildman–Crippen LogP) is 2.78. The predicted molar refractivity (Wildman–Crippen MR) is 79.9 cm³/mol. The molecule has 0 aliphatic heterocycles. The summed E-state index contributed by atoms with van der Waals surface area (Å²) in [6.45, 7) is 0. The van der Waals surface area contributed by atoms with Crippen LogP contribution in [0.25, 0.3) is 0 Å². The number of benzene rings is 1. The number of anilines is 1. The van der Waals surface area contributed by atoms with Crippen molar-refractivity contribution < 1.29 is 26.5 Å². The first kappa shape index (κ1) is 18.5. The lowest BCUT2D eigenvalue weighted by Crippen LogP contribution is -2.34. The van der Waals surface area contributed by atoms with Crippen LogP contribution in [-0.4, -0.2) is 25.6 Å². The molecule has 1 saturated carbocycles. The van der Waals surface area contributed by atoms with E-state index in [1.807, 2.05) is 0 Å². The summed E-state index contributed by atoms with van der Waals surface area (Å²) in [7, 11) is -4.18. The molecule has 2 atom stereocenters. The summed E-state index contributed by atoms with van der Waals surface area (Å²) in [5.41, 5.74) is -0.451. The van der Waals surface area contributed by atoms with E-state index in [0.29, 0.717) is 12.8 Å². The Morgan fingerprint density at radius 1 is 1.25 bits per heavy atom. The number of non-ortho nitro benzene ring substituents is 1. The van der Waals surface area contributed by atoms with Crippen LogP contribution in [0, 0.1) is 16.0 Å². The van der Waals surface area contributed by atoms with Crippen molar-refractivity contribution in [3.63, 3.8) is 0 Å². The monoisotopic (exact) mass is 367 g/mol. The Hall–Kier alpha value is -1.88. The van der Waals surface area contributed by atoms with Gasteiger partial charge in [0.05, 0.1) is 15.7 Å². The molecule has 7 nitrogen and oxygen atoms in total. The molecule has 3 N–H and O–H groups in total. The topological polar surface area (TPSA) is 115 Å². The van der Waals surface area contributed by atoms with Gasteiger partial charge in [0.15, 0.2) is 0 Å². The van der Waals surface area contributed by atoms with Gasteiger partial charge in [0, 0.05) is 23.9 Å². The molecule has 1 aromatic carbocycles. The number of hydrogen-bond acceptors (Lipinski definition) is 5. The molecule has 2 unspecified atom stereocenters. The molecule has 1 fully saturated rings. The van der Waals surface area contributed by atoms with Gasteiger partial charge in [0.1, 0.15) is 0 Å². The van der Waals surface area contributed by atoms with Crippen molar-refractivity contribution in [3.8, 4) is 0 Å². The summed E-state index contributed by atoms with van der Waals surface area (Å²) < 4.78 is 61.3. The van der Waals surface area contributed by atoms with Gasteiger partial charge < -0.3 is 5.32 Å². The highest BCUT2D eigenvalue weighted by molar-refractivity contribution is 7.89. The number of nitro benzene ring substituents is 1. The zero-order valence-electron chi connectivity index (χ0n) is 12.4. The third kappa shape index (κ3) is 4.57. The summed E-state index contributed by atoms with van der Waals surface area (Å²) in [4.78, 5) is 9.64. The van der Waals surface area contributed by atoms with E-state index in [1.165, 1.54) is 0 Å². The zero-order valence-corrected chi connectivity index (χ0v) is 13.2. The van der Waals surface area contributed by atoms with Gasteiger partial charge in [-0.05, 0) is 25.3 Å². The van der Waals surface area contributed by atoms with Crippen molar-refractivity contribution in [1.82, 2.24) is 0 Å². The largest absolute Gasteiger partial charge is 0.391 e. The quantitative estimate of drug-likeness (QED) is 0.627. The third-order valence-corrected chi connectivity index (χ3v) is 4.83. The zero-order chi connectivity index (χ0) is 18.1. The summed E-state index contributed by atoms with van der Waals surface area (Å²) in [5, 5.41) is 18.6. The molecule has 0 amide bonds. The highest BCUT2D eigenvalue weighted by atomic mass is 32.2. The first-order valence-electron chi connectivity index (χ1n) is 7.12. The molecule has 2 rings (SSSR count). The van der Waals surface area contributed by atoms with Gasteiger partial charge in [-0.1, -0.05) is 6.42 Å². The highest BCUT2D eigenvalue weighted by Gasteiger charge is 2.42. The van der Waals surface area contributed by atoms with Gasteiger partial charge in [-0.2, -0.15) is 13.2 Å². The van der Waals surface area contributed by atoms with Crippen molar-refractivity contribution in [2.45, 2.75) is 42.8 Å². The number of nitrogens with two attached hydrogens (primary N) is 1. The van der Waals surface area contributed by atoms with Gasteiger partial charge in [0.25, 0.3) is 5.69 Å². The molecule has 1 aliphatic carbocycles. The van der Waals surface area contributed by atoms with E-state index in [1.54, 1.807) is 0 Å². The fraction of sp³-hybridized carbons (Fsp3) is 0.538. The van der Waals surface area contributed by atoms with E-state index >= 15 is 0 Å². The van der Waals surface area contributed by atoms with Crippen LogP contribution in [0.15, 0.2) is 23.1 Å². The number of rotatable bonds is 4. The van der Waals surface area contributed by atoms with Gasteiger partial charge in [0.2, 0.25) is 10.0 Å². The lowest BCUT2D eigenvalue weighted by molar-refractivity contribution is -0.385. The number of nitrogens with zero attached hydrogens (tertiary/aromatic N) is 1. The number of alkyl halides is 3. The molecule has 0 heterocycles. The maximum atomic E-state index is 12.8. The number of halogens is 3. The molecule has 1 aromatic rings. The minimum Gasteiger partial charge on any atom is -0.382 e. The maximum absolute atomic E-state index is 12.8. The summed E-state index contributed by atoms with van der Waals surface area (Å²) in [5.74, 6) is -1.44. The second-order valence-corrected chi connectivity index (χ2v) is 7.33. The second kappa shape index (κ2) is 6.55. The summed E-state index contributed by atoms with van der Waals surface area (Å²) in [6, 6.07) is 2.41. The highest BCUT2D eigenvalue weighted by Crippen LogP contribution is 2.38. The van der Waals surface area contributed by atoms with Gasteiger partial charge >= 0.3 is 6.18 Å². The Morgan fingerprint density at radius 3 is 2.46 bits per heavy atom. The molecule has 0 spiro atoms. The van der Waals surface area contributed by atoms with Crippen molar-refractivity contribution in [2.75, 3.05) is 5.32 Å². The first-order valence-corrected chi connectivity index (χ1v) is 8.67. The van der Waals surface area contributed by atoms with Crippen molar-refractivity contribution in [2.24, 2.45) is 11.1 Å². The Labute approximate surface area is 136 Å². The first-order chi connectivity index (χ1) is 11.0. The fourth-order valence-corrected chi connectivity index (χ4v) is 3.37. The van der Waals surface area contributed by atoms with Crippen molar-refractivity contribution in [1.29, 1.82) is 0 Å². The van der Waals surface area contributed by atoms with E-state index in [0.717, 1.165) is 18.2 Å². The molecule has 0 saturated heterocycles. The maximum Gasteiger partial charge on any atom is 0.391 e. The summed E-state index contributed by atoms with van der Waals surface area (Å²) >= 11 is 0. The number of primary sulfonamides is 1. The molecule has 24 heavy (non-hydrogen) atoms. The Morgan fingerprint density at radius 2 is 1.92 bits per heavy atom. The van der Waals surface area contributed by atoms with E-state index in [9.17, 15) is 31.7 Å². The van der Waals surface area contributed by atoms with Gasteiger partial charge in [-0.25, -0.2) is 13.6 Å². The van der Waals surface area contributed by atoms with Crippen LogP contribution in [0.2, 0.25) is 0 Å². The van der Waals surface area contributed by atoms with E-state index in [-0.39, 0.29) is 18.5 Å².